The van der Waals surface area contributed by atoms with Gasteiger partial charge in [0.15, 0.2) is 0 Å². The van der Waals surface area contributed by atoms with Gasteiger partial charge in [0.05, 0.1) is 6.61 Å². The van der Waals surface area contributed by atoms with E-state index in [2.05, 4.69) is 5.32 Å². The Morgan fingerprint density at radius 3 is 2.89 bits per heavy atom. The molecule has 2 heterocycles. The number of amides is 1. The van der Waals surface area contributed by atoms with Crippen molar-refractivity contribution < 1.29 is 14.3 Å². The maximum absolute atomic E-state index is 12.5. The molecule has 2 unspecified atom stereocenters. The molecule has 5 heteroatoms. The van der Waals surface area contributed by atoms with Gasteiger partial charge in [-0.1, -0.05) is 0 Å². The first-order valence-electron chi connectivity index (χ1n) is 7.44. The number of ether oxygens (including phenoxy) is 2. The molecular formula is C14H26N2O3. The first kappa shape index (κ1) is 14.8. The number of nitrogens with zero attached hydrogens (tertiary/aromatic N) is 1. The third-order valence-corrected chi connectivity index (χ3v) is 3.94. The largest absolute Gasteiger partial charge is 0.383 e. The average molecular weight is 270 g/mol. The van der Waals surface area contributed by atoms with Gasteiger partial charge in [-0.25, -0.2) is 0 Å². The molecule has 2 atom stereocenters. The topological polar surface area (TPSA) is 50.8 Å². The monoisotopic (exact) mass is 270 g/mol. The summed E-state index contributed by atoms with van der Waals surface area (Å²) in [5, 5.41) is 3.45. The normalized spacial score (nSPS) is 27.4. The minimum Gasteiger partial charge on any atom is -0.383 e. The lowest BCUT2D eigenvalue weighted by Gasteiger charge is -2.31. The van der Waals surface area contributed by atoms with E-state index in [1.165, 1.54) is 6.42 Å². The summed E-state index contributed by atoms with van der Waals surface area (Å²) in [7, 11) is 1.67. The highest BCUT2D eigenvalue weighted by molar-refractivity contribution is 5.81. The zero-order chi connectivity index (χ0) is 13.5. The van der Waals surface area contributed by atoms with Crippen LogP contribution in [-0.2, 0) is 14.3 Å². The van der Waals surface area contributed by atoms with Crippen molar-refractivity contribution in [3.05, 3.63) is 0 Å². The number of methoxy groups -OCH3 is 1. The van der Waals surface area contributed by atoms with Crippen molar-refractivity contribution in [2.24, 2.45) is 0 Å². The third kappa shape index (κ3) is 4.44. The smallest absolute Gasteiger partial charge is 0.251 e. The SMILES string of the molecule is COCCN(CC1CCCN1)C(=O)C1CCCCO1. The zero-order valence-electron chi connectivity index (χ0n) is 11.9. The molecule has 0 aromatic heterocycles. The van der Waals surface area contributed by atoms with Crippen molar-refractivity contribution in [3.63, 3.8) is 0 Å². The highest BCUT2D eigenvalue weighted by atomic mass is 16.5. The van der Waals surface area contributed by atoms with Crippen LogP contribution in [0, 0.1) is 0 Å². The summed E-state index contributed by atoms with van der Waals surface area (Å²) in [4.78, 5) is 14.4. The maximum Gasteiger partial charge on any atom is 0.251 e. The predicted molar refractivity (Wildman–Crippen MR) is 73.1 cm³/mol. The van der Waals surface area contributed by atoms with E-state index in [1.54, 1.807) is 7.11 Å². The van der Waals surface area contributed by atoms with E-state index in [-0.39, 0.29) is 12.0 Å². The molecule has 110 valence electrons. The van der Waals surface area contributed by atoms with E-state index in [0.717, 1.165) is 45.4 Å². The molecule has 2 aliphatic heterocycles. The maximum atomic E-state index is 12.5. The van der Waals surface area contributed by atoms with Crippen molar-refractivity contribution >= 4 is 5.91 Å². The number of carbonyl (C=O) groups excluding carboxylic acids is 1. The van der Waals surface area contributed by atoms with Crippen LogP contribution >= 0.6 is 0 Å². The highest BCUT2D eigenvalue weighted by Gasteiger charge is 2.28. The Morgan fingerprint density at radius 2 is 2.26 bits per heavy atom. The molecular weight excluding hydrogens is 244 g/mol. The fraction of sp³-hybridized carbons (Fsp3) is 0.929. The second-order valence-electron chi connectivity index (χ2n) is 5.43. The third-order valence-electron chi connectivity index (χ3n) is 3.94. The summed E-state index contributed by atoms with van der Waals surface area (Å²) in [6.45, 7) is 3.81. The molecule has 5 nitrogen and oxygen atoms in total. The van der Waals surface area contributed by atoms with Crippen LogP contribution in [-0.4, -0.2) is 62.9 Å². The van der Waals surface area contributed by atoms with E-state index in [4.69, 9.17) is 9.47 Å². The Bertz CT molecular complexity index is 274. The second kappa shape index (κ2) is 7.82. The molecule has 2 saturated heterocycles. The molecule has 2 aliphatic rings. The molecule has 0 bridgehead atoms. The summed E-state index contributed by atoms with van der Waals surface area (Å²) >= 11 is 0. The van der Waals surface area contributed by atoms with Crippen LogP contribution in [0.25, 0.3) is 0 Å². The van der Waals surface area contributed by atoms with E-state index in [9.17, 15) is 4.79 Å². The van der Waals surface area contributed by atoms with Gasteiger partial charge in [0.1, 0.15) is 6.10 Å². The van der Waals surface area contributed by atoms with Gasteiger partial charge < -0.3 is 19.7 Å². The summed E-state index contributed by atoms with van der Waals surface area (Å²) in [5.41, 5.74) is 0. The first-order valence-corrected chi connectivity index (χ1v) is 7.44. The number of hydrogen-bond donors (Lipinski definition) is 1. The van der Waals surface area contributed by atoms with E-state index in [0.29, 0.717) is 19.2 Å². The number of carbonyl (C=O) groups is 1. The fourth-order valence-corrected chi connectivity index (χ4v) is 2.81. The molecule has 0 radical (unpaired) electrons. The molecule has 0 aliphatic carbocycles. The lowest BCUT2D eigenvalue weighted by Crippen LogP contribution is -2.48. The Balaban J connectivity index is 1.88. The van der Waals surface area contributed by atoms with Gasteiger partial charge in [0.2, 0.25) is 0 Å². The lowest BCUT2D eigenvalue weighted by atomic mass is 10.1. The van der Waals surface area contributed by atoms with Crippen LogP contribution in [0.3, 0.4) is 0 Å². The average Bonchev–Trinajstić information content (AvgIpc) is 2.96. The van der Waals surface area contributed by atoms with Gasteiger partial charge in [-0.2, -0.15) is 0 Å². The molecule has 2 rings (SSSR count). The van der Waals surface area contributed by atoms with Gasteiger partial charge >= 0.3 is 0 Å². The van der Waals surface area contributed by atoms with Crippen LogP contribution in [0.1, 0.15) is 32.1 Å². The van der Waals surface area contributed by atoms with Crippen LogP contribution in [0.15, 0.2) is 0 Å². The lowest BCUT2D eigenvalue weighted by molar-refractivity contribution is -0.147. The van der Waals surface area contributed by atoms with Crippen molar-refractivity contribution in [2.45, 2.75) is 44.2 Å². The van der Waals surface area contributed by atoms with Gasteiger partial charge in [0.25, 0.3) is 5.91 Å². The van der Waals surface area contributed by atoms with E-state index < -0.39 is 0 Å². The molecule has 0 spiro atoms. The van der Waals surface area contributed by atoms with Crippen LogP contribution in [0.5, 0.6) is 0 Å². The Labute approximate surface area is 115 Å². The second-order valence-corrected chi connectivity index (χ2v) is 5.43. The van der Waals surface area contributed by atoms with E-state index in [1.807, 2.05) is 4.90 Å². The Kier molecular flexibility index (Phi) is 6.07. The number of hydrogen-bond acceptors (Lipinski definition) is 4. The summed E-state index contributed by atoms with van der Waals surface area (Å²) in [6.07, 6.45) is 5.16. The van der Waals surface area contributed by atoms with Crippen molar-refractivity contribution in [2.75, 3.05) is 40.0 Å². The van der Waals surface area contributed by atoms with Crippen LogP contribution < -0.4 is 5.32 Å². The first-order chi connectivity index (χ1) is 9.31. The molecule has 0 saturated carbocycles. The quantitative estimate of drug-likeness (QED) is 0.775. The molecule has 2 fully saturated rings. The molecule has 1 N–H and O–H groups in total. The molecule has 0 aromatic carbocycles. The van der Waals surface area contributed by atoms with Crippen LogP contribution in [0.4, 0.5) is 0 Å². The van der Waals surface area contributed by atoms with Crippen LogP contribution in [0.2, 0.25) is 0 Å². The Morgan fingerprint density at radius 1 is 1.37 bits per heavy atom. The highest BCUT2D eigenvalue weighted by Crippen LogP contribution is 2.16. The number of rotatable bonds is 6. The molecule has 19 heavy (non-hydrogen) atoms. The van der Waals surface area contributed by atoms with Gasteiger partial charge in [0, 0.05) is 32.8 Å². The molecule has 1 amide bonds. The zero-order valence-corrected chi connectivity index (χ0v) is 11.9. The van der Waals surface area contributed by atoms with E-state index >= 15 is 0 Å². The molecule has 0 aromatic rings. The van der Waals surface area contributed by atoms with Crippen molar-refractivity contribution in [3.8, 4) is 0 Å². The standard InChI is InChI=1S/C14H26N2O3/c1-18-10-8-16(11-12-5-4-7-15-12)14(17)13-6-2-3-9-19-13/h12-13,15H,2-11H2,1H3. The predicted octanol–water partition coefficient (Wildman–Crippen LogP) is 0.783. The van der Waals surface area contributed by atoms with Crippen molar-refractivity contribution in [1.82, 2.24) is 10.2 Å². The minimum atomic E-state index is -0.230. The van der Waals surface area contributed by atoms with Crippen molar-refractivity contribution in [1.29, 1.82) is 0 Å². The summed E-state index contributed by atoms with van der Waals surface area (Å²) < 4.78 is 10.7. The fourth-order valence-electron chi connectivity index (χ4n) is 2.81. The minimum absolute atomic E-state index is 0.144. The summed E-state index contributed by atoms with van der Waals surface area (Å²) in [6, 6.07) is 0.435. The van der Waals surface area contributed by atoms with Gasteiger partial charge in [-0.3, -0.25) is 4.79 Å². The van der Waals surface area contributed by atoms with Gasteiger partial charge in [-0.05, 0) is 38.6 Å². The van der Waals surface area contributed by atoms with Gasteiger partial charge in [-0.15, -0.1) is 0 Å². The summed E-state index contributed by atoms with van der Waals surface area (Å²) in [5.74, 6) is 0.144. The number of nitrogens with one attached hydrogen (secondary N) is 1. The Hall–Kier alpha value is -0.650.